The van der Waals surface area contributed by atoms with Crippen molar-refractivity contribution >= 4 is 27.0 Å². The lowest BCUT2D eigenvalue weighted by molar-refractivity contribution is 0.101. The molecule has 1 aromatic heterocycles. The summed E-state index contributed by atoms with van der Waals surface area (Å²) in [5.74, 6) is -2.99. The van der Waals surface area contributed by atoms with Crippen LogP contribution in [-0.2, 0) is 9.84 Å². The lowest BCUT2D eigenvalue weighted by atomic mass is 10.4. The largest absolute Gasteiger partial charge is 0.301 e. The fraction of sp³-hybridized carbons (Fsp3) is 0.333. The van der Waals surface area contributed by atoms with Gasteiger partial charge in [0.05, 0.1) is 5.75 Å². The van der Waals surface area contributed by atoms with Gasteiger partial charge in [-0.05, 0) is 0 Å². The van der Waals surface area contributed by atoms with Gasteiger partial charge in [0, 0.05) is 18.7 Å². The summed E-state index contributed by atoms with van der Waals surface area (Å²) >= 11 is 0.699. The van der Waals surface area contributed by atoms with Crippen molar-refractivity contribution in [3.8, 4) is 0 Å². The summed E-state index contributed by atoms with van der Waals surface area (Å²) < 4.78 is 58.9. The fourth-order valence-corrected chi connectivity index (χ4v) is 3.39. The van der Waals surface area contributed by atoms with Gasteiger partial charge in [0.1, 0.15) is 5.69 Å². The van der Waals surface area contributed by atoms with Crippen molar-refractivity contribution < 1.29 is 26.4 Å². The smallest absolute Gasteiger partial charge is 0.293 e. The van der Waals surface area contributed by atoms with Crippen LogP contribution in [0, 0.1) is 0 Å². The Morgan fingerprint density at radius 1 is 1.39 bits per heavy atom. The van der Waals surface area contributed by atoms with E-state index in [1.165, 1.54) is 12.3 Å². The topological polar surface area (TPSA) is 64.1 Å². The minimum absolute atomic E-state index is 0.0220. The number of carbonyl (C=O) groups excluding carboxylic acids is 1. The molecule has 9 heteroatoms. The van der Waals surface area contributed by atoms with Crippen LogP contribution in [0.1, 0.15) is 23.8 Å². The molecule has 0 aliphatic carbocycles. The molecule has 0 atom stereocenters. The molecule has 1 heterocycles. The van der Waals surface area contributed by atoms with Gasteiger partial charge in [-0.3, -0.25) is 4.79 Å². The Hall–Kier alpha value is -1.22. The average Bonchev–Trinajstić information content (AvgIpc) is 2.75. The SMILES string of the molecule is CC(=O)c1csc(S(=O)(=O)CCC(F)=C(F)F)n1. The molecular formula is C9H8F3NO3S2. The molecule has 0 bridgehead atoms. The van der Waals surface area contributed by atoms with E-state index >= 15 is 0 Å². The molecule has 0 saturated carbocycles. The van der Waals surface area contributed by atoms with Gasteiger partial charge in [0.15, 0.2) is 11.6 Å². The molecule has 1 rings (SSSR count). The van der Waals surface area contributed by atoms with Gasteiger partial charge in [-0.1, -0.05) is 0 Å². The molecule has 0 spiro atoms. The standard InChI is InChI=1S/C9H8F3NO3S2/c1-5(14)7-4-17-9(13-7)18(15,16)3-2-6(10)8(11)12/h4H,2-3H2,1H3. The highest BCUT2D eigenvalue weighted by Gasteiger charge is 2.21. The van der Waals surface area contributed by atoms with Gasteiger partial charge in [-0.25, -0.2) is 17.8 Å². The summed E-state index contributed by atoms with van der Waals surface area (Å²) in [7, 11) is -3.95. The van der Waals surface area contributed by atoms with E-state index in [9.17, 15) is 26.4 Å². The van der Waals surface area contributed by atoms with Crippen molar-refractivity contribution in [3.63, 3.8) is 0 Å². The van der Waals surface area contributed by atoms with Crippen LogP contribution in [0.2, 0.25) is 0 Å². The average molecular weight is 299 g/mol. The number of allylic oxidation sites excluding steroid dienone is 1. The van der Waals surface area contributed by atoms with E-state index in [1.807, 2.05) is 0 Å². The third-order valence-corrected chi connectivity index (χ3v) is 4.95. The van der Waals surface area contributed by atoms with Crippen molar-refractivity contribution in [3.05, 3.63) is 23.0 Å². The molecule has 0 aliphatic heterocycles. The molecule has 0 radical (unpaired) electrons. The van der Waals surface area contributed by atoms with Crippen LogP contribution in [-0.4, -0.2) is 24.9 Å². The van der Waals surface area contributed by atoms with Crippen LogP contribution in [0.4, 0.5) is 13.2 Å². The quantitative estimate of drug-likeness (QED) is 0.784. The van der Waals surface area contributed by atoms with Crippen LogP contribution >= 0.6 is 11.3 Å². The molecule has 4 nitrogen and oxygen atoms in total. The number of carbonyl (C=O) groups is 1. The first-order chi connectivity index (χ1) is 8.24. The van der Waals surface area contributed by atoms with E-state index in [-0.39, 0.29) is 10.0 Å². The third-order valence-electron chi connectivity index (χ3n) is 1.91. The van der Waals surface area contributed by atoms with Gasteiger partial charge in [-0.2, -0.15) is 8.78 Å². The molecule has 1 aromatic rings. The second-order valence-corrected chi connectivity index (χ2v) is 6.43. The van der Waals surface area contributed by atoms with Crippen molar-refractivity contribution in [1.82, 2.24) is 4.98 Å². The zero-order valence-electron chi connectivity index (χ0n) is 9.11. The summed E-state index contributed by atoms with van der Waals surface area (Å²) in [5.41, 5.74) is -0.0220. The number of rotatable bonds is 5. The zero-order chi connectivity index (χ0) is 13.9. The first kappa shape index (κ1) is 14.8. The monoisotopic (exact) mass is 299 g/mol. The number of hydrogen-bond donors (Lipinski definition) is 0. The summed E-state index contributed by atoms with van der Waals surface area (Å²) in [5, 5.41) is 1.25. The molecule has 0 aromatic carbocycles. The van der Waals surface area contributed by atoms with E-state index in [1.54, 1.807) is 0 Å². The van der Waals surface area contributed by atoms with E-state index in [0.717, 1.165) is 0 Å². The third kappa shape index (κ3) is 3.64. The van der Waals surface area contributed by atoms with Crippen molar-refractivity contribution in [2.24, 2.45) is 0 Å². The van der Waals surface area contributed by atoms with Crippen LogP contribution in [0.3, 0.4) is 0 Å². The molecular weight excluding hydrogens is 291 g/mol. The first-order valence-corrected chi connectivity index (χ1v) is 7.16. The Kier molecular flexibility index (Phi) is 4.63. The molecule has 0 amide bonds. The maximum Gasteiger partial charge on any atom is 0.301 e. The predicted octanol–water partition coefficient (Wildman–Crippen LogP) is 2.59. The van der Waals surface area contributed by atoms with Gasteiger partial charge in [0.2, 0.25) is 14.2 Å². The summed E-state index contributed by atoms with van der Waals surface area (Å²) in [6.07, 6.45) is -3.45. The highest BCUT2D eigenvalue weighted by Crippen LogP contribution is 2.21. The number of sulfone groups is 1. The lowest BCUT2D eigenvalue weighted by Crippen LogP contribution is -2.07. The highest BCUT2D eigenvalue weighted by molar-refractivity contribution is 7.93. The van der Waals surface area contributed by atoms with Crippen molar-refractivity contribution in [1.29, 1.82) is 0 Å². The molecule has 0 saturated heterocycles. The Morgan fingerprint density at radius 3 is 2.44 bits per heavy atom. The van der Waals surface area contributed by atoms with E-state index < -0.39 is 39.7 Å². The normalized spacial score (nSPS) is 11.3. The zero-order valence-corrected chi connectivity index (χ0v) is 10.7. The Morgan fingerprint density at radius 2 is 2.00 bits per heavy atom. The van der Waals surface area contributed by atoms with Gasteiger partial charge >= 0.3 is 6.08 Å². The van der Waals surface area contributed by atoms with E-state index in [2.05, 4.69) is 4.98 Å². The fourth-order valence-electron chi connectivity index (χ4n) is 0.968. The van der Waals surface area contributed by atoms with Crippen LogP contribution < -0.4 is 0 Å². The molecule has 0 aliphatic rings. The number of aromatic nitrogens is 1. The molecule has 0 unspecified atom stereocenters. The first-order valence-electron chi connectivity index (χ1n) is 4.63. The summed E-state index contributed by atoms with van der Waals surface area (Å²) in [4.78, 5) is 14.5. The Bertz CT molecular complexity index is 588. The second kappa shape index (κ2) is 5.61. The highest BCUT2D eigenvalue weighted by atomic mass is 32.2. The van der Waals surface area contributed by atoms with E-state index in [0.29, 0.717) is 11.3 Å². The van der Waals surface area contributed by atoms with Gasteiger partial charge in [-0.15, -0.1) is 11.3 Å². The number of nitrogens with zero attached hydrogens (tertiary/aromatic N) is 1. The van der Waals surface area contributed by atoms with Crippen molar-refractivity contribution in [2.45, 2.75) is 17.7 Å². The number of Topliss-reactive ketones (excluding diaryl/α,β-unsaturated/α-hetero) is 1. The van der Waals surface area contributed by atoms with Crippen molar-refractivity contribution in [2.75, 3.05) is 5.75 Å². The van der Waals surface area contributed by atoms with E-state index in [4.69, 9.17) is 0 Å². The van der Waals surface area contributed by atoms with Crippen LogP contribution in [0.15, 0.2) is 21.6 Å². The van der Waals surface area contributed by atoms with Crippen LogP contribution in [0.25, 0.3) is 0 Å². The molecule has 0 fully saturated rings. The predicted molar refractivity (Wildman–Crippen MR) is 59.1 cm³/mol. The van der Waals surface area contributed by atoms with Crippen LogP contribution in [0.5, 0.6) is 0 Å². The lowest BCUT2D eigenvalue weighted by Gasteiger charge is -1.98. The number of ketones is 1. The minimum atomic E-state index is -3.95. The molecule has 100 valence electrons. The molecule has 0 N–H and O–H groups in total. The Labute approximate surface area is 105 Å². The molecule has 18 heavy (non-hydrogen) atoms. The number of thiazole rings is 1. The summed E-state index contributed by atoms with van der Waals surface area (Å²) in [6, 6.07) is 0. The van der Waals surface area contributed by atoms with Gasteiger partial charge in [0.25, 0.3) is 0 Å². The Balaban J connectivity index is 2.87. The maximum absolute atomic E-state index is 12.5. The van der Waals surface area contributed by atoms with Gasteiger partial charge < -0.3 is 0 Å². The number of halogens is 3. The second-order valence-electron chi connectivity index (χ2n) is 3.29. The number of hydrogen-bond acceptors (Lipinski definition) is 5. The summed E-state index contributed by atoms with van der Waals surface area (Å²) in [6.45, 7) is 1.21. The minimum Gasteiger partial charge on any atom is -0.293 e. The maximum atomic E-state index is 12.5.